The van der Waals surface area contributed by atoms with Crippen molar-refractivity contribution in [3.8, 4) is 0 Å². The highest BCUT2D eigenvalue weighted by Gasteiger charge is 2.33. The highest BCUT2D eigenvalue weighted by molar-refractivity contribution is 7.89. The lowest BCUT2D eigenvalue weighted by Crippen LogP contribution is -2.45. The van der Waals surface area contributed by atoms with E-state index in [-0.39, 0.29) is 36.2 Å². The van der Waals surface area contributed by atoms with Crippen molar-refractivity contribution < 1.29 is 22.4 Å². The molecule has 1 aliphatic heterocycles. The standard InChI is InChI=1S/C22H26FN3O4S/c23-19-8-10-20(11-9-19)31(29,30)26-14-4-7-18(16-26)22(28)24-13-12-21(27)25-15-17-5-2-1-3-6-17/h1-3,5-6,8-11,18H,4,7,12-16H2,(H,24,28)(H,25,27). The zero-order valence-electron chi connectivity index (χ0n) is 17.1. The van der Waals surface area contributed by atoms with E-state index in [4.69, 9.17) is 0 Å². The maximum atomic E-state index is 13.1. The third-order valence-corrected chi connectivity index (χ3v) is 7.07. The lowest BCUT2D eigenvalue weighted by atomic mass is 9.99. The third kappa shape index (κ3) is 6.35. The van der Waals surface area contributed by atoms with E-state index < -0.39 is 21.8 Å². The Labute approximate surface area is 181 Å². The zero-order chi connectivity index (χ0) is 22.3. The first-order chi connectivity index (χ1) is 14.9. The van der Waals surface area contributed by atoms with Crippen LogP contribution in [0, 0.1) is 11.7 Å². The summed E-state index contributed by atoms with van der Waals surface area (Å²) in [6.45, 7) is 0.976. The molecule has 1 atom stereocenters. The summed E-state index contributed by atoms with van der Waals surface area (Å²) in [6, 6.07) is 14.2. The van der Waals surface area contributed by atoms with Gasteiger partial charge in [0.15, 0.2) is 0 Å². The second kappa shape index (κ2) is 10.5. The first kappa shape index (κ1) is 22.9. The molecule has 1 saturated heterocycles. The zero-order valence-corrected chi connectivity index (χ0v) is 17.9. The van der Waals surface area contributed by atoms with Gasteiger partial charge in [-0.05, 0) is 42.7 Å². The van der Waals surface area contributed by atoms with Crippen LogP contribution in [0.4, 0.5) is 4.39 Å². The van der Waals surface area contributed by atoms with Crippen molar-refractivity contribution in [1.29, 1.82) is 0 Å². The Bertz CT molecular complexity index is 997. The molecule has 7 nitrogen and oxygen atoms in total. The molecule has 2 aromatic carbocycles. The van der Waals surface area contributed by atoms with Gasteiger partial charge in [-0.25, -0.2) is 12.8 Å². The second-order valence-electron chi connectivity index (χ2n) is 7.46. The van der Waals surface area contributed by atoms with Gasteiger partial charge in [0.2, 0.25) is 21.8 Å². The minimum Gasteiger partial charge on any atom is -0.355 e. The molecule has 0 saturated carbocycles. The van der Waals surface area contributed by atoms with E-state index in [0.717, 1.165) is 17.7 Å². The number of benzene rings is 2. The van der Waals surface area contributed by atoms with E-state index in [9.17, 15) is 22.4 Å². The molecule has 1 fully saturated rings. The largest absolute Gasteiger partial charge is 0.355 e. The molecule has 1 aliphatic rings. The van der Waals surface area contributed by atoms with Gasteiger partial charge in [-0.3, -0.25) is 9.59 Å². The van der Waals surface area contributed by atoms with Crippen molar-refractivity contribution in [3.05, 3.63) is 66.0 Å². The smallest absolute Gasteiger partial charge is 0.243 e. The number of carbonyl (C=O) groups excluding carboxylic acids is 2. The molecular formula is C22H26FN3O4S. The van der Waals surface area contributed by atoms with Gasteiger partial charge >= 0.3 is 0 Å². The van der Waals surface area contributed by atoms with Gasteiger partial charge in [0.05, 0.1) is 10.8 Å². The van der Waals surface area contributed by atoms with Gasteiger partial charge in [0, 0.05) is 32.6 Å². The summed E-state index contributed by atoms with van der Waals surface area (Å²) < 4.78 is 39.9. The summed E-state index contributed by atoms with van der Waals surface area (Å²) >= 11 is 0. The maximum absolute atomic E-state index is 13.1. The van der Waals surface area contributed by atoms with E-state index in [1.807, 2.05) is 30.3 Å². The number of halogens is 1. The Balaban J connectivity index is 1.46. The van der Waals surface area contributed by atoms with Crippen LogP contribution in [0.2, 0.25) is 0 Å². The predicted molar refractivity (Wildman–Crippen MR) is 114 cm³/mol. The number of carbonyl (C=O) groups is 2. The summed E-state index contributed by atoms with van der Waals surface area (Å²) in [7, 11) is -3.79. The van der Waals surface area contributed by atoms with E-state index >= 15 is 0 Å². The SMILES string of the molecule is O=C(CCNC(=O)C1CCCN(S(=O)(=O)c2ccc(F)cc2)C1)NCc1ccccc1. The van der Waals surface area contributed by atoms with E-state index in [0.29, 0.717) is 25.9 Å². The molecule has 0 bridgehead atoms. The van der Waals surface area contributed by atoms with E-state index in [2.05, 4.69) is 10.6 Å². The summed E-state index contributed by atoms with van der Waals surface area (Å²) in [4.78, 5) is 24.5. The van der Waals surface area contributed by atoms with Crippen molar-refractivity contribution in [2.45, 2.75) is 30.7 Å². The summed E-state index contributed by atoms with van der Waals surface area (Å²) in [5.74, 6) is -1.44. The molecule has 2 amide bonds. The molecule has 0 spiro atoms. The van der Waals surface area contributed by atoms with Gasteiger partial charge in [0.1, 0.15) is 5.82 Å². The first-order valence-corrected chi connectivity index (χ1v) is 11.6. The van der Waals surface area contributed by atoms with Crippen LogP contribution in [-0.2, 0) is 26.2 Å². The minimum atomic E-state index is -3.79. The van der Waals surface area contributed by atoms with Crippen molar-refractivity contribution in [3.63, 3.8) is 0 Å². The van der Waals surface area contributed by atoms with Crippen molar-refractivity contribution in [1.82, 2.24) is 14.9 Å². The number of sulfonamides is 1. The number of piperidine rings is 1. The Morgan fingerprint density at radius 2 is 1.74 bits per heavy atom. The molecule has 1 unspecified atom stereocenters. The number of amides is 2. The van der Waals surface area contributed by atoms with Gasteiger partial charge < -0.3 is 10.6 Å². The molecular weight excluding hydrogens is 421 g/mol. The van der Waals surface area contributed by atoms with Gasteiger partial charge in [0.25, 0.3) is 0 Å². The average Bonchev–Trinajstić information content (AvgIpc) is 2.78. The second-order valence-corrected chi connectivity index (χ2v) is 9.40. The fourth-order valence-corrected chi connectivity index (χ4v) is 4.98. The number of hydrogen-bond donors (Lipinski definition) is 2. The lowest BCUT2D eigenvalue weighted by Gasteiger charge is -2.31. The summed E-state index contributed by atoms with van der Waals surface area (Å²) in [5.41, 5.74) is 0.990. The number of nitrogens with one attached hydrogen (secondary N) is 2. The minimum absolute atomic E-state index is 0.00467. The first-order valence-electron chi connectivity index (χ1n) is 10.2. The molecule has 9 heteroatoms. The van der Waals surface area contributed by atoms with Crippen molar-refractivity contribution in [2.75, 3.05) is 19.6 Å². The molecule has 0 aliphatic carbocycles. The highest BCUT2D eigenvalue weighted by atomic mass is 32.2. The fourth-order valence-electron chi connectivity index (χ4n) is 3.46. The van der Waals surface area contributed by atoms with E-state index in [1.54, 1.807) is 0 Å². The molecule has 1 heterocycles. The van der Waals surface area contributed by atoms with E-state index in [1.165, 1.54) is 16.4 Å². The summed E-state index contributed by atoms with van der Waals surface area (Å²) in [6.07, 6.45) is 1.26. The molecule has 166 valence electrons. The van der Waals surface area contributed by atoms with Crippen LogP contribution in [0.5, 0.6) is 0 Å². The van der Waals surface area contributed by atoms with Crippen LogP contribution in [0.3, 0.4) is 0 Å². The van der Waals surface area contributed by atoms with Gasteiger partial charge in [-0.1, -0.05) is 30.3 Å². The Hall–Kier alpha value is -2.78. The van der Waals surface area contributed by atoms with Gasteiger partial charge in [-0.2, -0.15) is 4.31 Å². The number of nitrogens with zero attached hydrogens (tertiary/aromatic N) is 1. The van der Waals surface area contributed by atoms with Crippen LogP contribution < -0.4 is 10.6 Å². The molecule has 0 radical (unpaired) electrons. The van der Waals surface area contributed by atoms with Crippen molar-refractivity contribution in [2.24, 2.45) is 5.92 Å². The molecule has 2 N–H and O–H groups in total. The van der Waals surface area contributed by atoms with Crippen LogP contribution in [0.25, 0.3) is 0 Å². The Morgan fingerprint density at radius 1 is 1.03 bits per heavy atom. The normalized spacial score (nSPS) is 17.1. The molecule has 2 aromatic rings. The topological polar surface area (TPSA) is 95.6 Å². The number of rotatable bonds is 8. The van der Waals surface area contributed by atoms with Crippen LogP contribution in [-0.4, -0.2) is 44.2 Å². The molecule has 3 rings (SSSR count). The fraction of sp³-hybridized carbons (Fsp3) is 0.364. The van der Waals surface area contributed by atoms with Crippen LogP contribution in [0.1, 0.15) is 24.8 Å². The molecule has 0 aromatic heterocycles. The third-order valence-electron chi connectivity index (χ3n) is 5.19. The quantitative estimate of drug-likeness (QED) is 0.648. The lowest BCUT2D eigenvalue weighted by molar-refractivity contribution is -0.126. The van der Waals surface area contributed by atoms with Crippen LogP contribution >= 0.6 is 0 Å². The highest BCUT2D eigenvalue weighted by Crippen LogP contribution is 2.24. The van der Waals surface area contributed by atoms with Crippen LogP contribution in [0.15, 0.2) is 59.5 Å². The number of hydrogen-bond acceptors (Lipinski definition) is 4. The van der Waals surface area contributed by atoms with Gasteiger partial charge in [-0.15, -0.1) is 0 Å². The average molecular weight is 448 g/mol. The van der Waals surface area contributed by atoms with Crippen molar-refractivity contribution >= 4 is 21.8 Å². The molecule has 31 heavy (non-hydrogen) atoms. The summed E-state index contributed by atoms with van der Waals surface area (Å²) in [5, 5.41) is 5.53. The monoisotopic (exact) mass is 447 g/mol. The Morgan fingerprint density at radius 3 is 2.45 bits per heavy atom. The maximum Gasteiger partial charge on any atom is 0.243 e. The Kier molecular flexibility index (Phi) is 7.75. The predicted octanol–water partition coefficient (Wildman–Crippen LogP) is 2.05.